The molecule has 1 heterocycles. The highest BCUT2D eigenvalue weighted by molar-refractivity contribution is 8.27. The van der Waals surface area contributed by atoms with Crippen molar-refractivity contribution in [1.29, 1.82) is 0 Å². The number of anilines is 1. The van der Waals surface area contributed by atoms with Crippen LogP contribution in [0.25, 0.3) is 6.08 Å². The Morgan fingerprint density at radius 3 is 2.52 bits per heavy atom. The first kappa shape index (κ1) is 16.8. The van der Waals surface area contributed by atoms with E-state index < -0.39 is 0 Å². The number of carbonyl (C=O) groups is 1. The van der Waals surface area contributed by atoms with Gasteiger partial charge in [-0.3, -0.25) is 9.69 Å². The van der Waals surface area contributed by atoms with Crippen LogP contribution in [0.15, 0.2) is 47.4 Å². The van der Waals surface area contributed by atoms with Crippen LogP contribution in [-0.4, -0.2) is 10.2 Å². The predicted octanol–water partition coefficient (Wildman–Crippen LogP) is 6.05. The molecular formula is C16H8Cl3NOS2. The fourth-order valence-corrected chi connectivity index (χ4v) is 3.85. The Morgan fingerprint density at radius 2 is 1.83 bits per heavy atom. The SMILES string of the molecule is O=C1/C(=C\c2ccc(Cl)c(Cl)c2)SC(=S)N1c1cccc(Cl)c1. The first-order valence-electron chi connectivity index (χ1n) is 6.44. The minimum absolute atomic E-state index is 0.187. The van der Waals surface area contributed by atoms with Crippen molar-refractivity contribution in [2.45, 2.75) is 0 Å². The molecule has 0 unspecified atom stereocenters. The first-order chi connectivity index (χ1) is 11.0. The number of benzene rings is 2. The van der Waals surface area contributed by atoms with Gasteiger partial charge >= 0.3 is 0 Å². The zero-order chi connectivity index (χ0) is 16.6. The maximum absolute atomic E-state index is 12.6. The molecule has 2 aromatic carbocycles. The Kier molecular flexibility index (Phi) is 4.99. The normalized spacial score (nSPS) is 16.5. The highest BCUT2D eigenvalue weighted by Crippen LogP contribution is 2.37. The van der Waals surface area contributed by atoms with Crippen LogP contribution < -0.4 is 4.90 Å². The quantitative estimate of drug-likeness (QED) is 0.452. The summed E-state index contributed by atoms with van der Waals surface area (Å²) in [4.78, 5) is 14.6. The molecule has 2 nitrogen and oxygen atoms in total. The van der Waals surface area contributed by atoms with E-state index in [9.17, 15) is 4.79 Å². The molecule has 0 N–H and O–H groups in total. The summed E-state index contributed by atoms with van der Waals surface area (Å²) in [6, 6.07) is 12.2. The number of amides is 1. The summed E-state index contributed by atoms with van der Waals surface area (Å²) in [5, 5.41) is 1.45. The summed E-state index contributed by atoms with van der Waals surface area (Å²) in [6.07, 6.45) is 1.74. The molecule has 1 aliphatic rings. The number of thioether (sulfide) groups is 1. The van der Waals surface area contributed by atoms with Crippen molar-refractivity contribution < 1.29 is 4.79 Å². The predicted molar refractivity (Wildman–Crippen MR) is 104 cm³/mol. The summed E-state index contributed by atoms with van der Waals surface area (Å²) in [6.45, 7) is 0. The van der Waals surface area contributed by atoms with Crippen LogP contribution in [0.2, 0.25) is 15.1 Å². The van der Waals surface area contributed by atoms with E-state index >= 15 is 0 Å². The molecule has 0 saturated carbocycles. The molecule has 0 aliphatic carbocycles. The number of nitrogens with zero attached hydrogens (tertiary/aromatic N) is 1. The van der Waals surface area contributed by atoms with Crippen LogP contribution in [0.5, 0.6) is 0 Å². The van der Waals surface area contributed by atoms with Crippen LogP contribution in [0.3, 0.4) is 0 Å². The Morgan fingerprint density at radius 1 is 1.04 bits per heavy atom. The summed E-state index contributed by atoms with van der Waals surface area (Å²) < 4.78 is 0.462. The molecule has 1 amide bonds. The molecule has 1 saturated heterocycles. The van der Waals surface area contributed by atoms with Gasteiger partial charge in [0.15, 0.2) is 4.32 Å². The second-order valence-electron chi connectivity index (χ2n) is 4.67. The Hall–Kier alpha value is -1.04. The van der Waals surface area contributed by atoms with Crippen molar-refractivity contribution in [2.75, 3.05) is 4.90 Å². The van der Waals surface area contributed by atoms with Gasteiger partial charge in [0.1, 0.15) is 0 Å². The van der Waals surface area contributed by atoms with Crippen LogP contribution in [0.1, 0.15) is 5.56 Å². The molecule has 0 radical (unpaired) electrons. The third-order valence-corrected chi connectivity index (χ3v) is 5.38. The fourth-order valence-electron chi connectivity index (χ4n) is 2.06. The highest BCUT2D eigenvalue weighted by Gasteiger charge is 2.33. The second-order valence-corrected chi connectivity index (χ2v) is 7.60. The number of thiocarbonyl (C=S) groups is 1. The van der Waals surface area contributed by atoms with Crippen LogP contribution in [-0.2, 0) is 4.79 Å². The second kappa shape index (κ2) is 6.83. The number of hydrogen-bond acceptors (Lipinski definition) is 3. The summed E-state index contributed by atoms with van der Waals surface area (Å²) in [7, 11) is 0. The topological polar surface area (TPSA) is 20.3 Å². The first-order valence-corrected chi connectivity index (χ1v) is 8.80. The van der Waals surface area contributed by atoms with Gasteiger partial charge in [-0.2, -0.15) is 0 Å². The number of hydrogen-bond donors (Lipinski definition) is 0. The third-order valence-electron chi connectivity index (χ3n) is 3.10. The highest BCUT2D eigenvalue weighted by atomic mass is 35.5. The van der Waals surface area contributed by atoms with Gasteiger partial charge in [-0.15, -0.1) is 0 Å². The lowest BCUT2D eigenvalue weighted by Crippen LogP contribution is -2.27. The molecule has 1 aliphatic heterocycles. The van der Waals surface area contributed by atoms with Crippen molar-refractivity contribution in [3.63, 3.8) is 0 Å². The van der Waals surface area contributed by atoms with Gasteiger partial charge in [0.25, 0.3) is 5.91 Å². The zero-order valence-corrected chi connectivity index (χ0v) is 15.3. The van der Waals surface area contributed by atoms with Gasteiger partial charge in [-0.05, 0) is 42.0 Å². The van der Waals surface area contributed by atoms with E-state index in [0.717, 1.165) is 5.56 Å². The van der Waals surface area contributed by atoms with Gasteiger partial charge < -0.3 is 0 Å². The van der Waals surface area contributed by atoms with E-state index in [1.54, 1.807) is 48.5 Å². The summed E-state index contributed by atoms with van der Waals surface area (Å²) in [5.41, 5.74) is 1.43. The van der Waals surface area contributed by atoms with Crippen molar-refractivity contribution in [3.8, 4) is 0 Å². The van der Waals surface area contributed by atoms with Crippen molar-refractivity contribution in [3.05, 3.63) is 68.0 Å². The lowest BCUT2D eigenvalue weighted by atomic mass is 10.2. The minimum Gasteiger partial charge on any atom is -0.268 e. The molecule has 0 aromatic heterocycles. The standard InChI is InChI=1S/C16H8Cl3NOS2/c17-10-2-1-3-11(8-10)20-15(21)14(23-16(20)22)7-9-4-5-12(18)13(19)6-9/h1-8H/b14-7+. The van der Waals surface area contributed by atoms with Crippen molar-refractivity contribution in [2.24, 2.45) is 0 Å². The van der Waals surface area contributed by atoms with Crippen molar-refractivity contribution >= 4 is 80.8 Å². The van der Waals surface area contributed by atoms with Crippen LogP contribution >= 0.6 is 58.8 Å². The summed E-state index contributed by atoms with van der Waals surface area (Å²) in [5.74, 6) is -0.187. The molecule has 0 atom stereocenters. The molecule has 1 fully saturated rings. The van der Waals surface area contributed by atoms with E-state index in [0.29, 0.717) is 30.0 Å². The van der Waals surface area contributed by atoms with Crippen LogP contribution in [0, 0.1) is 0 Å². The Bertz CT molecular complexity index is 851. The van der Waals surface area contributed by atoms with Gasteiger partial charge in [-0.25, -0.2) is 0 Å². The average molecular weight is 401 g/mol. The monoisotopic (exact) mass is 399 g/mol. The number of halogens is 3. The Balaban J connectivity index is 1.94. The molecule has 0 bridgehead atoms. The molecule has 2 aromatic rings. The molecule has 3 rings (SSSR count). The van der Waals surface area contributed by atoms with E-state index in [2.05, 4.69) is 0 Å². The Labute approximate surface area is 158 Å². The zero-order valence-electron chi connectivity index (χ0n) is 11.4. The van der Waals surface area contributed by atoms with Gasteiger partial charge in [0.05, 0.1) is 20.6 Å². The lowest BCUT2D eigenvalue weighted by molar-refractivity contribution is -0.113. The smallest absolute Gasteiger partial charge is 0.268 e. The van der Waals surface area contributed by atoms with Crippen LogP contribution in [0.4, 0.5) is 5.69 Å². The number of rotatable bonds is 2. The van der Waals surface area contributed by atoms with Gasteiger partial charge in [0, 0.05) is 5.02 Å². The van der Waals surface area contributed by atoms with Gasteiger partial charge in [0.2, 0.25) is 0 Å². The molecule has 7 heteroatoms. The molecule has 23 heavy (non-hydrogen) atoms. The number of carbonyl (C=O) groups excluding carboxylic acids is 1. The maximum atomic E-state index is 12.6. The molecule has 116 valence electrons. The largest absolute Gasteiger partial charge is 0.270 e. The summed E-state index contributed by atoms with van der Waals surface area (Å²) >= 11 is 24.4. The molecule has 0 spiro atoms. The van der Waals surface area contributed by atoms with E-state index in [4.69, 9.17) is 47.0 Å². The van der Waals surface area contributed by atoms with Gasteiger partial charge in [-0.1, -0.05) is 70.9 Å². The fraction of sp³-hybridized carbons (Fsp3) is 0. The van der Waals surface area contributed by atoms with E-state index in [1.807, 2.05) is 0 Å². The molecular weight excluding hydrogens is 393 g/mol. The average Bonchev–Trinajstić information content (AvgIpc) is 2.77. The van der Waals surface area contributed by atoms with E-state index in [-0.39, 0.29) is 5.91 Å². The third kappa shape index (κ3) is 3.57. The maximum Gasteiger partial charge on any atom is 0.270 e. The minimum atomic E-state index is -0.187. The van der Waals surface area contributed by atoms with E-state index in [1.165, 1.54) is 16.7 Å². The lowest BCUT2D eigenvalue weighted by Gasteiger charge is -2.14. The van der Waals surface area contributed by atoms with Crippen molar-refractivity contribution in [1.82, 2.24) is 0 Å².